The maximum absolute atomic E-state index is 10.8. The van der Waals surface area contributed by atoms with Crippen LogP contribution in [0.25, 0.3) is 11.3 Å². The molecule has 0 radical (unpaired) electrons. The van der Waals surface area contributed by atoms with Gasteiger partial charge in [-0.3, -0.25) is 4.98 Å². The van der Waals surface area contributed by atoms with Crippen molar-refractivity contribution in [3.63, 3.8) is 0 Å². The van der Waals surface area contributed by atoms with Gasteiger partial charge in [0.25, 0.3) is 0 Å². The third-order valence-corrected chi connectivity index (χ3v) is 4.05. The highest BCUT2D eigenvalue weighted by atomic mass is 16.3. The van der Waals surface area contributed by atoms with Crippen molar-refractivity contribution in [1.82, 2.24) is 10.3 Å². The molecule has 0 fully saturated rings. The van der Waals surface area contributed by atoms with Crippen molar-refractivity contribution in [2.24, 2.45) is 0 Å². The Morgan fingerprint density at radius 3 is 2.21 bits per heavy atom. The number of aromatic nitrogens is 1. The summed E-state index contributed by atoms with van der Waals surface area (Å²) in [7, 11) is 0. The van der Waals surface area contributed by atoms with Crippen LogP contribution in [0.5, 0.6) is 5.75 Å². The predicted molar refractivity (Wildman–Crippen MR) is 101 cm³/mol. The van der Waals surface area contributed by atoms with Gasteiger partial charge in [-0.15, -0.1) is 0 Å². The molecule has 2 rings (SSSR count). The lowest BCUT2D eigenvalue weighted by Crippen LogP contribution is -2.35. The van der Waals surface area contributed by atoms with Crippen molar-refractivity contribution in [1.29, 1.82) is 0 Å². The van der Waals surface area contributed by atoms with Crippen LogP contribution < -0.4 is 5.32 Å². The quantitative estimate of drug-likeness (QED) is 0.839. The number of rotatable bonds is 3. The van der Waals surface area contributed by atoms with Gasteiger partial charge in [-0.05, 0) is 56.4 Å². The van der Waals surface area contributed by atoms with E-state index in [-0.39, 0.29) is 11.0 Å². The average Bonchev–Trinajstić information content (AvgIpc) is 2.45. The molecule has 24 heavy (non-hydrogen) atoms. The van der Waals surface area contributed by atoms with Gasteiger partial charge in [0, 0.05) is 29.4 Å². The number of nitrogens with one attached hydrogen (secondary N) is 1. The van der Waals surface area contributed by atoms with E-state index in [4.69, 9.17) is 0 Å². The maximum Gasteiger partial charge on any atom is 0.129 e. The lowest BCUT2D eigenvalue weighted by atomic mass is 9.84. The molecule has 1 aromatic heterocycles. The first-order valence-corrected chi connectivity index (χ1v) is 8.52. The van der Waals surface area contributed by atoms with E-state index in [0.29, 0.717) is 12.3 Å². The molecule has 0 spiro atoms. The Kier molecular flexibility index (Phi) is 5.05. The summed E-state index contributed by atoms with van der Waals surface area (Å²) in [5.41, 5.74) is 4.82. The van der Waals surface area contributed by atoms with Gasteiger partial charge < -0.3 is 10.4 Å². The highest BCUT2D eigenvalue weighted by Gasteiger charge is 2.21. The number of benzene rings is 1. The molecule has 130 valence electrons. The van der Waals surface area contributed by atoms with Crippen molar-refractivity contribution >= 4 is 0 Å². The number of phenolic OH excluding ortho intramolecular Hbond substituents is 1. The van der Waals surface area contributed by atoms with Gasteiger partial charge in [0.05, 0.1) is 5.69 Å². The van der Waals surface area contributed by atoms with E-state index in [1.165, 1.54) is 5.56 Å². The third-order valence-electron chi connectivity index (χ3n) is 4.05. The summed E-state index contributed by atoms with van der Waals surface area (Å²) in [5.74, 6) is 0.316. The highest BCUT2D eigenvalue weighted by Crippen LogP contribution is 2.36. The van der Waals surface area contributed by atoms with Crippen LogP contribution in [0.3, 0.4) is 0 Å². The number of aromatic hydroxyl groups is 1. The number of aryl methyl sites for hydroxylation is 1. The molecule has 3 nitrogen and oxygen atoms in total. The average molecular weight is 326 g/mol. The van der Waals surface area contributed by atoms with Gasteiger partial charge in [0.2, 0.25) is 0 Å². The summed E-state index contributed by atoms with van der Waals surface area (Å²) in [6.07, 6.45) is 1.84. The van der Waals surface area contributed by atoms with Crippen LogP contribution in [0.2, 0.25) is 0 Å². The number of pyridine rings is 1. The Hall–Kier alpha value is -1.87. The molecule has 0 aliphatic heterocycles. The zero-order valence-corrected chi connectivity index (χ0v) is 16.0. The van der Waals surface area contributed by atoms with Crippen LogP contribution in [-0.2, 0) is 12.0 Å². The van der Waals surface area contributed by atoms with Gasteiger partial charge in [-0.2, -0.15) is 0 Å². The van der Waals surface area contributed by atoms with Crippen LogP contribution in [0.4, 0.5) is 0 Å². The minimum atomic E-state index is -0.00749. The second-order valence-electron chi connectivity index (χ2n) is 8.61. The van der Waals surface area contributed by atoms with Crippen molar-refractivity contribution < 1.29 is 5.11 Å². The molecule has 2 aromatic rings. The van der Waals surface area contributed by atoms with Gasteiger partial charge >= 0.3 is 0 Å². The summed E-state index contributed by atoms with van der Waals surface area (Å²) in [4.78, 5) is 4.50. The molecule has 0 atom stereocenters. The van der Waals surface area contributed by atoms with Gasteiger partial charge in [-0.1, -0.05) is 32.9 Å². The van der Waals surface area contributed by atoms with E-state index in [1.807, 2.05) is 25.3 Å². The topological polar surface area (TPSA) is 45.1 Å². The van der Waals surface area contributed by atoms with Crippen LogP contribution >= 0.6 is 0 Å². The first-order chi connectivity index (χ1) is 11.0. The smallest absolute Gasteiger partial charge is 0.129 e. The van der Waals surface area contributed by atoms with E-state index in [2.05, 4.69) is 64.0 Å². The lowest BCUT2D eigenvalue weighted by Gasteiger charge is -2.25. The van der Waals surface area contributed by atoms with Crippen LogP contribution in [0.1, 0.15) is 58.2 Å². The third kappa shape index (κ3) is 4.57. The second kappa shape index (κ2) is 6.56. The number of nitrogens with zero attached hydrogens (tertiary/aromatic N) is 1. The molecule has 0 bridgehead atoms. The predicted octanol–water partition coefficient (Wildman–Crippen LogP) is 4.95. The zero-order chi connectivity index (χ0) is 18.1. The van der Waals surface area contributed by atoms with Crippen LogP contribution in [-0.4, -0.2) is 15.6 Å². The molecular formula is C21H30N2O. The van der Waals surface area contributed by atoms with Crippen LogP contribution in [0.15, 0.2) is 30.5 Å². The van der Waals surface area contributed by atoms with Crippen molar-refractivity contribution in [3.05, 3.63) is 47.2 Å². The summed E-state index contributed by atoms with van der Waals surface area (Å²) >= 11 is 0. The molecule has 1 heterocycles. The SMILES string of the molecule is Cc1ccc(-c2cc(C(C)(C)C)cc(CNC(C)(C)C)c2O)nc1. The summed E-state index contributed by atoms with van der Waals surface area (Å²) in [6, 6.07) is 8.16. The molecule has 2 N–H and O–H groups in total. The first-order valence-electron chi connectivity index (χ1n) is 8.52. The van der Waals surface area contributed by atoms with E-state index in [9.17, 15) is 5.11 Å². The van der Waals surface area contributed by atoms with Crippen LogP contribution in [0, 0.1) is 6.92 Å². The largest absolute Gasteiger partial charge is 0.507 e. The van der Waals surface area contributed by atoms with E-state index in [1.54, 1.807) is 0 Å². The molecule has 0 saturated carbocycles. The fraction of sp³-hybridized carbons (Fsp3) is 0.476. The second-order valence-corrected chi connectivity index (χ2v) is 8.61. The fourth-order valence-electron chi connectivity index (χ4n) is 2.45. The monoisotopic (exact) mass is 326 g/mol. The standard InChI is InChI=1S/C21H30N2O/c1-14-8-9-18(22-12-14)17-11-16(20(2,3)4)10-15(19(17)24)13-23-21(5,6)7/h8-12,23-24H,13H2,1-7H3. The van der Waals surface area contributed by atoms with Gasteiger partial charge in [0.1, 0.15) is 5.75 Å². The van der Waals surface area contributed by atoms with Crippen molar-refractivity contribution in [2.45, 2.75) is 66.0 Å². The van der Waals surface area contributed by atoms with E-state index < -0.39 is 0 Å². The minimum Gasteiger partial charge on any atom is -0.507 e. The molecular weight excluding hydrogens is 296 g/mol. The summed E-state index contributed by atoms with van der Waals surface area (Å²) in [6.45, 7) is 15.6. The first kappa shape index (κ1) is 18.5. The number of hydrogen-bond acceptors (Lipinski definition) is 3. The zero-order valence-electron chi connectivity index (χ0n) is 16.0. The Balaban J connectivity index is 2.54. The van der Waals surface area contributed by atoms with E-state index in [0.717, 1.165) is 22.4 Å². The molecule has 3 heteroatoms. The molecule has 0 saturated heterocycles. The minimum absolute atomic E-state index is 0.00360. The molecule has 0 amide bonds. The highest BCUT2D eigenvalue weighted by molar-refractivity contribution is 5.70. The van der Waals surface area contributed by atoms with E-state index >= 15 is 0 Å². The number of hydrogen-bond donors (Lipinski definition) is 2. The normalized spacial score (nSPS) is 12.5. The van der Waals surface area contributed by atoms with Crippen molar-refractivity contribution in [2.75, 3.05) is 0 Å². The van der Waals surface area contributed by atoms with Gasteiger partial charge in [0.15, 0.2) is 0 Å². The molecule has 0 aliphatic rings. The molecule has 0 aliphatic carbocycles. The molecule has 1 aromatic carbocycles. The Morgan fingerprint density at radius 1 is 1.04 bits per heavy atom. The Bertz CT molecular complexity index is 704. The van der Waals surface area contributed by atoms with Gasteiger partial charge in [-0.25, -0.2) is 0 Å². The lowest BCUT2D eigenvalue weighted by molar-refractivity contribution is 0.411. The Labute approximate surface area is 146 Å². The fourth-order valence-corrected chi connectivity index (χ4v) is 2.45. The van der Waals surface area contributed by atoms with Crippen molar-refractivity contribution in [3.8, 4) is 17.0 Å². The molecule has 0 unspecified atom stereocenters. The summed E-state index contributed by atoms with van der Waals surface area (Å²) < 4.78 is 0. The summed E-state index contributed by atoms with van der Waals surface area (Å²) in [5, 5.41) is 14.3. The maximum atomic E-state index is 10.8. The Morgan fingerprint density at radius 2 is 1.71 bits per heavy atom. The number of phenols is 1.